The minimum Gasteiger partial charge on any atom is -0.493 e. The van der Waals surface area contributed by atoms with Gasteiger partial charge >= 0.3 is 0 Å². The first kappa shape index (κ1) is 19.5. The molecule has 0 spiro atoms. The number of pyridine rings is 1. The second-order valence-corrected chi connectivity index (χ2v) is 6.79. The van der Waals surface area contributed by atoms with Gasteiger partial charge in [-0.3, -0.25) is 0 Å². The van der Waals surface area contributed by atoms with E-state index in [2.05, 4.69) is 18.2 Å². The smallest absolute Gasteiger partial charge is 0.161 e. The number of para-hydroxylation sites is 1. The van der Waals surface area contributed by atoms with Crippen molar-refractivity contribution in [3.05, 3.63) is 95.7 Å². The number of methoxy groups -OCH3 is 2. The monoisotopic (exact) mass is 397 g/mol. The van der Waals surface area contributed by atoms with E-state index in [1.807, 2.05) is 72.8 Å². The van der Waals surface area contributed by atoms with Gasteiger partial charge in [-0.2, -0.15) is 0 Å². The first-order chi connectivity index (χ1) is 14.8. The standard InChI is InChI=1S/C26H23NO3/c1-28-23-16-12-19(17-25(23)29-2)11-14-22-15-13-21-9-6-10-24(26(21)27-22)30-18-20-7-4-3-5-8-20/h3-17H,18H2,1-2H3. The SMILES string of the molecule is COc1ccc(C=Cc2ccc3cccc(OCc4ccccc4)c3n2)cc1OC. The topological polar surface area (TPSA) is 40.6 Å². The van der Waals surface area contributed by atoms with Gasteiger partial charge in [0.05, 0.1) is 19.9 Å². The molecule has 0 saturated heterocycles. The summed E-state index contributed by atoms with van der Waals surface area (Å²) in [4.78, 5) is 4.81. The highest BCUT2D eigenvalue weighted by Crippen LogP contribution is 2.29. The molecule has 4 heteroatoms. The van der Waals surface area contributed by atoms with E-state index in [1.54, 1.807) is 14.2 Å². The molecule has 3 aromatic carbocycles. The predicted octanol–water partition coefficient (Wildman–Crippen LogP) is 6.00. The third kappa shape index (κ3) is 4.44. The van der Waals surface area contributed by atoms with Gasteiger partial charge < -0.3 is 14.2 Å². The number of fused-ring (bicyclic) bond motifs is 1. The molecule has 0 aliphatic heterocycles. The van der Waals surface area contributed by atoms with E-state index in [0.29, 0.717) is 18.1 Å². The molecule has 4 nitrogen and oxygen atoms in total. The van der Waals surface area contributed by atoms with Gasteiger partial charge in [-0.05, 0) is 41.5 Å². The maximum Gasteiger partial charge on any atom is 0.161 e. The maximum atomic E-state index is 6.06. The molecule has 0 bridgehead atoms. The van der Waals surface area contributed by atoms with E-state index < -0.39 is 0 Å². The Morgan fingerprint density at radius 1 is 0.733 bits per heavy atom. The summed E-state index contributed by atoms with van der Waals surface area (Å²) >= 11 is 0. The molecule has 0 radical (unpaired) electrons. The van der Waals surface area contributed by atoms with Crippen molar-refractivity contribution in [2.24, 2.45) is 0 Å². The zero-order chi connectivity index (χ0) is 20.8. The molecule has 0 saturated carbocycles. The summed E-state index contributed by atoms with van der Waals surface area (Å²) in [5, 5.41) is 1.05. The Labute approximate surface area is 176 Å². The van der Waals surface area contributed by atoms with E-state index in [-0.39, 0.29) is 0 Å². The van der Waals surface area contributed by atoms with Crippen LogP contribution in [0.3, 0.4) is 0 Å². The minimum atomic E-state index is 0.507. The lowest BCUT2D eigenvalue weighted by molar-refractivity contribution is 0.309. The normalized spacial score (nSPS) is 11.0. The number of aromatic nitrogens is 1. The van der Waals surface area contributed by atoms with Crippen molar-refractivity contribution in [3.8, 4) is 17.2 Å². The third-order valence-corrected chi connectivity index (χ3v) is 4.80. The van der Waals surface area contributed by atoms with Gasteiger partial charge in [-0.25, -0.2) is 4.98 Å². The van der Waals surface area contributed by atoms with Gasteiger partial charge in [0.15, 0.2) is 11.5 Å². The van der Waals surface area contributed by atoms with Crippen LogP contribution in [-0.2, 0) is 6.61 Å². The third-order valence-electron chi connectivity index (χ3n) is 4.80. The van der Waals surface area contributed by atoms with Crippen LogP contribution in [0.25, 0.3) is 23.1 Å². The second kappa shape index (κ2) is 9.14. The zero-order valence-corrected chi connectivity index (χ0v) is 17.0. The van der Waals surface area contributed by atoms with Gasteiger partial charge in [0.1, 0.15) is 17.9 Å². The van der Waals surface area contributed by atoms with E-state index in [9.17, 15) is 0 Å². The van der Waals surface area contributed by atoms with Crippen LogP contribution in [0.4, 0.5) is 0 Å². The summed E-state index contributed by atoms with van der Waals surface area (Å²) in [7, 11) is 3.26. The van der Waals surface area contributed by atoms with Gasteiger partial charge in [-0.15, -0.1) is 0 Å². The van der Waals surface area contributed by atoms with Crippen molar-refractivity contribution in [1.29, 1.82) is 0 Å². The highest BCUT2D eigenvalue weighted by Gasteiger charge is 2.06. The number of nitrogens with zero attached hydrogens (tertiary/aromatic N) is 1. The Morgan fingerprint density at radius 3 is 2.37 bits per heavy atom. The van der Waals surface area contributed by atoms with E-state index in [1.165, 1.54) is 0 Å². The molecule has 0 fully saturated rings. The van der Waals surface area contributed by atoms with Crippen LogP contribution in [0.15, 0.2) is 78.9 Å². The quantitative estimate of drug-likeness (QED) is 0.383. The second-order valence-electron chi connectivity index (χ2n) is 6.79. The fourth-order valence-corrected chi connectivity index (χ4v) is 3.22. The van der Waals surface area contributed by atoms with Crippen molar-refractivity contribution in [2.75, 3.05) is 14.2 Å². The Bertz CT molecular complexity index is 1170. The number of rotatable bonds is 7. The lowest BCUT2D eigenvalue weighted by atomic mass is 10.1. The van der Waals surface area contributed by atoms with Crippen LogP contribution in [-0.4, -0.2) is 19.2 Å². The van der Waals surface area contributed by atoms with Gasteiger partial charge in [0.25, 0.3) is 0 Å². The van der Waals surface area contributed by atoms with Crippen molar-refractivity contribution in [2.45, 2.75) is 6.61 Å². The molecule has 0 amide bonds. The molecule has 4 aromatic rings. The minimum absolute atomic E-state index is 0.507. The predicted molar refractivity (Wildman–Crippen MR) is 121 cm³/mol. The summed E-state index contributed by atoms with van der Waals surface area (Å²) in [6.45, 7) is 0.507. The van der Waals surface area contributed by atoms with Gasteiger partial charge in [-0.1, -0.05) is 60.7 Å². The van der Waals surface area contributed by atoms with Crippen LogP contribution in [0.1, 0.15) is 16.8 Å². The average Bonchev–Trinajstić information content (AvgIpc) is 2.81. The molecule has 150 valence electrons. The molecule has 1 heterocycles. The summed E-state index contributed by atoms with van der Waals surface area (Å²) in [5.41, 5.74) is 3.83. The average molecular weight is 397 g/mol. The summed E-state index contributed by atoms with van der Waals surface area (Å²) in [6, 6.07) is 26.0. The van der Waals surface area contributed by atoms with Crippen molar-refractivity contribution >= 4 is 23.1 Å². The first-order valence-corrected chi connectivity index (χ1v) is 9.73. The Morgan fingerprint density at radius 2 is 1.57 bits per heavy atom. The van der Waals surface area contributed by atoms with E-state index in [4.69, 9.17) is 19.2 Å². The molecule has 30 heavy (non-hydrogen) atoms. The lowest BCUT2D eigenvalue weighted by Crippen LogP contribution is -1.97. The van der Waals surface area contributed by atoms with Crippen LogP contribution in [0, 0.1) is 0 Å². The van der Waals surface area contributed by atoms with Crippen LogP contribution < -0.4 is 14.2 Å². The summed E-state index contributed by atoms with van der Waals surface area (Å²) in [5.74, 6) is 2.18. The molecule has 4 rings (SSSR count). The molecule has 0 unspecified atom stereocenters. The number of benzene rings is 3. The van der Waals surface area contributed by atoms with Crippen LogP contribution in [0.5, 0.6) is 17.2 Å². The first-order valence-electron chi connectivity index (χ1n) is 9.73. The molecule has 1 aromatic heterocycles. The van der Waals surface area contributed by atoms with Crippen LogP contribution >= 0.6 is 0 Å². The highest BCUT2D eigenvalue weighted by atomic mass is 16.5. The number of hydrogen-bond donors (Lipinski definition) is 0. The van der Waals surface area contributed by atoms with E-state index >= 15 is 0 Å². The van der Waals surface area contributed by atoms with Crippen molar-refractivity contribution in [3.63, 3.8) is 0 Å². The highest BCUT2D eigenvalue weighted by molar-refractivity contribution is 5.86. The molecule has 0 aliphatic rings. The van der Waals surface area contributed by atoms with Crippen LogP contribution in [0.2, 0.25) is 0 Å². The fraction of sp³-hybridized carbons (Fsp3) is 0.115. The maximum absolute atomic E-state index is 6.06. The Hall–Kier alpha value is -3.79. The fourth-order valence-electron chi connectivity index (χ4n) is 3.22. The Kier molecular flexibility index (Phi) is 5.95. The van der Waals surface area contributed by atoms with Crippen molar-refractivity contribution in [1.82, 2.24) is 4.98 Å². The molecular formula is C26H23NO3. The number of ether oxygens (including phenoxy) is 3. The largest absolute Gasteiger partial charge is 0.493 e. The van der Waals surface area contributed by atoms with Gasteiger partial charge in [0.2, 0.25) is 0 Å². The van der Waals surface area contributed by atoms with Gasteiger partial charge in [0, 0.05) is 5.39 Å². The Balaban J connectivity index is 1.58. The number of hydrogen-bond acceptors (Lipinski definition) is 4. The lowest BCUT2D eigenvalue weighted by Gasteiger charge is -2.09. The molecule has 0 aliphatic carbocycles. The summed E-state index contributed by atoms with van der Waals surface area (Å²) < 4.78 is 16.7. The van der Waals surface area contributed by atoms with E-state index in [0.717, 1.165) is 33.5 Å². The molecular weight excluding hydrogens is 374 g/mol. The molecule has 0 N–H and O–H groups in total. The zero-order valence-electron chi connectivity index (χ0n) is 17.0. The summed E-state index contributed by atoms with van der Waals surface area (Å²) in [6.07, 6.45) is 3.98. The molecule has 0 atom stereocenters. The van der Waals surface area contributed by atoms with Crippen molar-refractivity contribution < 1.29 is 14.2 Å².